The lowest BCUT2D eigenvalue weighted by Gasteiger charge is -2.16. The molecule has 53 heavy (non-hydrogen) atoms. The van der Waals surface area contributed by atoms with E-state index in [2.05, 4.69) is 46.8 Å². The van der Waals surface area contributed by atoms with Crippen molar-refractivity contribution in [3.63, 3.8) is 0 Å². The number of ketones is 1. The molecule has 5 heterocycles. The van der Waals surface area contributed by atoms with E-state index in [-0.39, 0.29) is 27.8 Å². The highest BCUT2D eigenvalue weighted by Crippen LogP contribution is 2.18. The van der Waals surface area contributed by atoms with Crippen LogP contribution in [0.2, 0.25) is 0 Å². The van der Waals surface area contributed by atoms with Gasteiger partial charge in [0.15, 0.2) is 0 Å². The number of pyridine rings is 5. The quantitative estimate of drug-likeness (QED) is 0.0912. The lowest BCUT2D eigenvalue weighted by Crippen LogP contribution is -2.31. The van der Waals surface area contributed by atoms with Crippen LogP contribution in [0.15, 0.2) is 134 Å². The molecule has 0 aliphatic carbocycles. The molecule has 1 amide bonds. The van der Waals surface area contributed by atoms with E-state index in [1.165, 1.54) is 14.2 Å². The summed E-state index contributed by atoms with van der Waals surface area (Å²) < 4.78 is 5.20. The number of fused-ring (bicyclic) bond motifs is 2. The molecule has 0 unspecified atom stereocenters. The van der Waals surface area contributed by atoms with Crippen molar-refractivity contribution in [3.05, 3.63) is 179 Å². The first-order valence-corrected chi connectivity index (χ1v) is 17.9. The molecule has 0 bridgehead atoms. The SMILES string of the molecule is CON(C)C(=O)c1cn(Cc2cccc(Br)n2)c2ccccc2c1=O.Cc1cccnc1C(=O)c1cn(Cc2cccc(Br)n2)c2ccccc2c1=O. The number of para-hydroxylation sites is 2. The average molecular weight is 837 g/mol. The predicted octanol–water partition coefficient (Wildman–Crippen LogP) is 6.98. The maximum atomic E-state index is 13.1. The third-order valence-corrected chi connectivity index (χ3v) is 9.33. The number of hydroxylamine groups is 2. The van der Waals surface area contributed by atoms with Crippen LogP contribution in [0.1, 0.15) is 43.4 Å². The van der Waals surface area contributed by atoms with Crippen LogP contribution in [0.4, 0.5) is 0 Å². The Morgan fingerprint density at radius 3 is 1.72 bits per heavy atom. The Kier molecular flexibility index (Phi) is 11.5. The fraction of sp³-hybridized carbons (Fsp3) is 0.125. The second-order valence-electron chi connectivity index (χ2n) is 11.9. The third-order valence-electron chi connectivity index (χ3n) is 8.44. The number of carbonyl (C=O) groups excluding carboxylic acids is 2. The van der Waals surface area contributed by atoms with E-state index < -0.39 is 5.91 Å². The van der Waals surface area contributed by atoms with Gasteiger partial charge in [-0.05, 0) is 98.9 Å². The van der Waals surface area contributed by atoms with Crippen LogP contribution in [0, 0.1) is 6.92 Å². The molecule has 13 heteroatoms. The highest BCUT2D eigenvalue weighted by Gasteiger charge is 2.21. The number of aryl methyl sites for hydroxylation is 1. The van der Waals surface area contributed by atoms with Gasteiger partial charge >= 0.3 is 0 Å². The zero-order chi connectivity index (χ0) is 37.6. The van der Waals surface area contributed by atoms with Crippen molar-refractivity contribution >= 4 is 65.4 Å². The molecule has 0 saturated carbocycles. The molecule has 7 rings (SSSR count). The van der Waals surface area contributed by atoms with Crippen molar-refractivity contribution in [2.45, 2.75) is 20.0 Å². The Balaban J connectivity index is 0.000000183. The largest absolute Gasteiger partial charge is 0.340 e. The standard InChI is InChI=1S/C22H16BrN3O2.C18H16BrN3O3/c1-14-6-5-11-24-20(14)22(28)17-13-26(12-15-7-4-10-19(23)25-15)18-9-3-2-8-16(18)21(17)27;1-21(25-2)18(24)14-11-22(10-12-6-5-9-16(19)20-12)15-8-4-3-7-13(15)17(14)23/h2-11,13H,12H2,1H3;3-9,11H,10H2,1-2H3. The van der Waals surface area contributed by atoms with Gasteiger partial charge < -0.3 is 9.13 Å². The molecule has 0 fully saturated rings. The maximum Gasteiger partial charge on any atom is 0.282 e. The summed E-state index contributed by atoms with van der Waals surface area (Å²) in [6.07, 6.45) is 4.74. The highest BCUT2D eigenvalue weighted by molar-refractivity contribution is 9.10. The van der Waals surface area contributed by atoms with Gasteiger partial charge in [-0.25, -0.2) is 15.0 Å². The van der Waals surface area contributed by atoms with E-state index in [1.807, 2.05) is 82.8 Å². The van der Waals surface area contributed by atoms with Gasteiger partial charge in [0.1, 0.15) is 20.5 Å². The first-order valence-electron chi connectivity index (χ1n) is 16.3. The van der Waals surface area contributed by atoms with E-state index in [4.69, 9.17) is 4.84 Å². The number of amides is 1. The number of hydrogen-bond acceptors (Lipinski definition) is 8. The molecule has 0 aliphatic rings. The Morgan fingerprint density at radius 2 is 1.21 bits per heavy atom. The molecule has 2 aromatic carbocycles. The zero-order valence-corrected chi connectivity index (χ0v) is 32.0. The molecule has 0 N–H and O–H groups in total. The number of nitrogens with zero attached hydrogens (tertiary/aromatic N) is 6. The fourth-order valence-corrected chi connectivity index (χ4v) is 6.56. The van der Waals surface area contributed by atoms with Crippen molar-refractivity contribution in [2.75, 3.05) is 14.2 Å². The van der Waals surface area contributed by atoms with Gasteiger partial charge in [-0.3, -0.25) is 29.0 Å². The Labute approximate surface area is 320 Å². The van der Waals surface area contributed by atoms with Gasteiger partial charge in [-0.2, -0.15) is 0 Å². The van der Waals surface area contributed by atoms with E-state index >= 15 is 0 Å². The van der Waals surface area contributed by atoms with E-state index in [1.54, 1.807) is 48.9 Å². The Morgan fingerprint density at radius 1 is 0.698 bits per heavy atom. The number of benzene rings is 2. The number of rotatable bonds is 8. The molecular formula is C40H32Br2N6O5. The minimum atomic E-state index is -0.491. The topological polar surface area (TPSA) is 129 Å². The molecule has 266 valence electrons. The summed E-state index contributed by atoms with van der Waals surface area (Å²) in [6.45, 7) is 2.67. The minimum Gasteiger partial charge on any atom is -0.340 e. The summed E-state index contributed by atoms with van der Waals surface area (Å²) >= 11 is 6.74. The Bertz CT molecular complexity index is 2620. The summed E-state index contributed by atoms with van der Waals surface area (Å²) in [7, 11) is 2.85. The van der Waals surface area contributed by atoms with Crippen molar-refractivity contribution in [1.29, 1.82) is 0 Å². The van der Waals surface area contributed by atoms with Crippen LogP contribution in [0.25, 0.3) is 21.8 Å². The molecule has 7 aromatic rings. The van der Waals surface area contributed by atoms with Crippen LogP contribution in [0.3, 0.4) is 0 Å². The summed E-state index contributed by atoms with van der Waals surface area (Å²) in [5.74, 6) is -0.862. The van der Waals surface area contributed by atoms with Crippen LogP contribution >= 0.6 is 31.9 Å². The summed E-state index contributed by atoms with van der Waals surface area (Å²) in [6, 6.07) is 29.3. The first kappa shape index (κ1) is 37.1. The summed E-state index contributed by atoms with van der Waals surface area (Å²) in [5, 5.41) is 2.01. The molecule has 11 nitrogen and oxygen atoms in total. The van der Waals surface area contributed by atoms with E-state index in [0.29, 0.717) is 29.6 Å². The Hall–Kier alpha value is -5.63. The van der Waals surface area contributed by atoms with Gasteiger partial charge in [0.25, 0.3) is 5.91 Å². The molecule has 0 saturated heterocycles. The minimum absolute atomic E-state index is 0.0537. The molecular weight excluding hydrogens is 804 g/mol. The normalized spacial score (nSPS) is 10.9. The third kappa shape index (κ3) is 8.22. The predicted molar refractivity (Wildman–Crippen MR) is 210 cm³/mol. The molecule has 0 aliphatic heterocycles. The van der Waals surface area contributed by atoms with Crippen molar-refractivity contribution < 1.29 is 14.4 Å². The van der Waals surface area contributed by atoms with E-state index in [0.717, 1.165) is 42.3 Å². The van der Waals surface area contributed by atoms with Crippen molar-refractivity contribution in [1.82, 2.24) is 29.1 Å². The molecule has 5 aromatic heterocycles. The van der Waals surface area contributed by atoms with Crippen LogP contribution in [0.5, 0.6) is 0 Å². The number of halogens is 2. The van der Waals surface area contributed by atoms with Gasteiger partial charge in [0.05, 0.1) is 48.2 Å². The number of carbonyl (C=O) groups is 2. The van der Waals surface area contributed by atoms with Gasteiger partial charge in [0, 0.05) is 36.4 Å². The van der Waals surface area contributed by atoms with E-state index in [9.17, 15) is 19.2 Å². The van der Waals surface area contributed by atoms with Crippen LogP contribution in [-0.4, -0.2) is 55.0 Å². The monoisotopic (exact) mass is 834 g/mol. The lowest BCUT2D eigenvalue weighted by atomic mass is 10.0. The molecule has 0 radical (unpaired) electrons. The number of hydrogen-bond donors (Lipinski definition) is 0. The summed E-state index contributed by atoms with van der Waals surface area (Å²) in [5.41, 5.74) is 3.70. The average Bonchev–Trinajstić information content (AvgIpc) is 3.17. The number of aromatic nitrogens is 5. The van der Waals surface area contributed by atoms with Crippen LogP contribution in [-0.2, 0) is 17.9 Å². The molecule has 0 spiro atoms. The highest BCUT2D eigenvalue weighted by atomic mass is 79.9. The first-order chi connectivity index (χ1) is 25.5. The zero-order valence-electron chi connectivity index (χ0n) is 28.9. The fourth-order valence-electron chi connectivity index (χ4n) is 5.80. The second kappa shape index (κ2) is 16.4. The lowest BCUT2D eigenvalue weighted by molar-refractivity contribution is -0.0758. The maximum absolute atomic E-state index is 13.1. The molecule has 0 atom stereocenters. The van der Waals surface area contributed by atoms with Gasteiger partial charge in [-0.1, -0.05) is 42.5 Å². The van der Waals surface area contributed by atoms with Crippen molar-refractivity contribution in [2.24, 2.45) is 0 Å². The second-order valence-corrected chi connectivity index (χ2v) is 13.5. The van der Waals surface area contributed by atoms with Gasteiger partial charge in [0.2, 0.25) is 16.6 Å². The van der Waals surface area contributed by atoms with Gasteiger partial charge in [-0.15, -0.1) is 0 Å². The van der Waals surface area contributed by atoms with Crippen molar-refractivity contribution in [3.8, 4) is 0 Å². The smallest absolute Gasteiger partial charge is 0.282 e. The summed E-state index contributed by atoms with van der Waals surface area (Å²) in [4.78, 5) is 69.3. The van der Waals surface area contributed by atoms with Crippen LogP contribution < -0.4 is 10.9 Å².